The Morgan fingerprint density at radius 3 is 2.18 bits per heavy atom. The van der Waals surface area contributed by atoms with E-state index >= 15 is 0 Å². The van der Waals surface area contributed by atoms with Gasteiger partial charge >= 0.3 is 0 Å². The van der Waals surface area contributed by atoms with Gasteiger partial charge < -0.3 is 15.6 Å². The van der Waals surface area contributed by atoms with Crippen molar-refractivity contribution in [3.05, 3.63) is 29.8 Å². The van der Waals surface area contributed by atoms with E-state index < -0.39 is 5.60 Å². The Labute approximate surface area is 104 Å². The standard InChI is InChI=1S/C14H23NO2/c1-4-14(16,5-2)10-17-13-8-6-12(7-9-13)11(3)15/h6-9,11,16H,4-5,10,15H2,1-3H3/t11-/m1/s1. The molecule has 3 heteroatoms. The summed E-state index contributed by atoms with van der Waals surface area (Å²) in [7, 11) is 0. The largest absolute Gasteiger partial charge is 0.491 e. The van der Waals surface area contributed by atoms with Gasteiger partial charge in [0.25, 0.3) is 0 Å². The van der Waals surface area contributed by atoms with Crippen molar-refractivity contribution in [3.63, 3.8) is 0 Å². The van der Waals surface area contributed by atoms with Crippen LogP contribution in [-0.4, -0.2) is 17.3 Å². The lowest BCUT2D eigenvalue weighted by Gasteiger charge is -2.25. The van der Waals surface area contributed by atoms with Gasteiger partial charge in [0, 0.05) is 6.04 Å². The van der Waals surface area contributed by atoms with Gasteiger partial charge in [-0.15, -0.1) is 0 Å². The van der Waals surface area contributed by atoms with E-state index in [2.05, 4.69) is 0 Å². The second-order valence-electron chi connectivity index (χ2n) is 4.58. The number of aliphatic hydroxyl groups is 1. The molecule has 0 heterocycles. The molecule has 0 aromatic heterocycles. The molecule has 1 aromatic carbocycles. The van der Waals surface area contributed by atoms with Crippen molar-refractivity contribution in [2.75, 3.05) is 6.61 Å². The van der Waals surface area contributed by atoms with Crippen LogP contribution in [0.5, 0.6) is 5.75 Å². The molecule has 1 atom stereocenters. The molecular weight excluding hydrogens is 214 g/mol. The number of benzene rings is 1. The molecule has 0 unspecified atom stereocenters. The van der Waals surface area contributed by atoms with Crippen LogP contribution in [0.15, 0.2) is 24.3 Å². The van der Waals surface area contributed by atoms with Gasteiger partial charge in [0.05, 0.1) is 5.60 Å². The van der Waals surface area contributed by atoms with Gasteiger partial charge in [0.15, 0.2) is 0 Å². The van der Waals surface area contributed by atoms with Crippen LogP contribution in [0.1, 0.15) is 45.2 Å². The molecule has 0 aliphatic carbocycles. The summed E-state index contributed by atoms with van der Waals surface area (Å²) in [5, 5.41) is 10.1. The van der Waals surface area contributed by atoms with Gasteiger partial charge in [-0.05, 0) is 37.5 Å². The third kappa shape index (κ3) is 4.02. The zero-order valence-electron chi connectivity index (χ0n) is 10.9. The van der Waals surface area contributed by atoms with Crippen molar-refractivity contribution in [1.29, 1.82) is 0 Å². The molecule has 0 radical (unpaired) electrons. The van der Waals surface area contributed by atoms with Crippen molar-refractivity contribution < 1.29 is 9.84 Å². The molecule has 3 nitrogen and oxygen atoms in total. The third-order valence-electron chi connectivity index (χ3n) is 3.23. The average molecular weight is 237 g/mol. The molecule has 0 spiro atoms. The SMILES string of the molecule is CCC(O)(CC)COc1ccc([C@@H](C)N)cc1. The fraction of sp³-hybridized carbons (Fsp3) is 0.571. The van der Waals surface area contributed by atoms with Gasteiger partial charge in [-0.2, -0.15) is 0 Å². The molecule has 1 rings (SSSR count). The Hall–Kier alpha value is -1.06. The van der Waals surface area contributed by atoms with Crippen LogP contribution in [0.2, 0.25) is 0 Å². The van der Waals surface area contributed by atoms with Crippen LogP contribution < -0.4 is 10.5 Å². The van der Waals surface area contributed by atoms with Gasteiger partial charge in [-0.3, -0.25) is 0 Å². The van der Waals surface area contributed by atoms with E-state index in [-0.39, 0.29) is 6.04 Å². The van der Waals surface area contributed by atoms with Crippen LogP contribution in [0.3, 0.4) is 0 Å². The van der Waals surface area contributed by atoms with Gasteiger partial charge in [-0.1, -0.05) is 26.0 Å². The lowest BCUT2D eigenvalue weighted by atomic mass is 9.99. The van der Waals surface area contributed by atoms with Gasteiger partial charge in [0.1, 0.15) is 12.4 Å². The van der Waals surface area contributed by atoms with Crippen LogP contribution in [0.4, 0.5) is 0 Å². The van der Waals surface area contributed by atoms with Gasteiger partial charge in [-0.25, -0.2) is 0 Å². The van der Waals surface area contributed by atoms with E-state index in [0.717, 1.165) is 11.3 Å². The van der Waals surface area contributed by atoms with Crippen molar-refractivity contribution in [3.8, 4) is 5.75 Å². The quantitative estimate of drug-likeness (QED) is 0.799. The van der Waals surface area contributed by atoms with Crippen molar-refractivity contribution in [1.82, 2.24) is 0 Å². The number of nitrogens with two attached hydrogens (primary N) is 1. The Morgan fingerprint density at radius 1 is 1.24 bits per heavy atom. The molecule has 0 saturated heterocycles. The fourth-order valence-corrected chi connectivity index (χ4v) is 1.54. The van der Waals surface area contributed by atoms with Crippen molar-refractivity contribution in [2.24, 2.45) is 5.73 Å². The molecule has 0 amide bonds. The van der Waals surface area contributed by atoms with E-state index in [1.807, 2.05) is 45.0 Å². The summed E-state index contributed by atoms with van der Waals surface area (Å²) >= 11 is 0. The zero-order valence-corrected chi connectivity index (χ0v) is 10.9. The molecular formula is C14H23NO2. The molecule has 0 bridgehead atoms. The topological polar surface area (TPSA) is 55.5 Å². The smallest absolute Gasteiger partial charge is 0.119 e. The van der Waals surface area contributed by atoms with E-state index in [0.29, 0.717) is 19.4 Å². The Morgan fingerprint density at radius 2 is 1.76 bits per heavy atom. The minimum Gasteiger partial charge on any atom is -0.491 e. The minimum absolute atomic E-state index is 0.0345. The van der Waals surface area contributed by atoms with Crippen molar-refractivity contribution in [2.45, 2.75) is 45.3 Å². The number of ether oxygens (including phenoxy) is 1. The zero-order chi connectivity index (χ0) is 12.9. The second kappa shape index (κ2) is 6.03. The predicted molar refractivity (Wildman–Crippen MR) is 70.1 cm³/mol. The van der Waals surface area contributed by atoms with Crippen LogP contribution >= 0.6 is 0 Å². The molecule has 96 valence electrons. The van der Waals surface area contributed by atoms with E-state index in [1.165, 1.54) is 0 Å². The first-order valence-corrected chi connectivity index (χ1v) is 6.21. The Balaban J connectivity index is 2.58. The maximum absolute atomic E-state index is 10.1. The second-order valence-corrected chi connectivity index (χ2v) is 4.58. The Bertz CT molecular complexity index is 329. The maximum Gasteiger partial charge on any atom is 0.119 e. The summed E-state index contributed by atoms with van der Waals surface area (Å²) in [6.45, 7) is 6.21. The number of hydrogen-bond donors (Lipinski definition) is 2. The highest BCUT2D eigenvalue weighted by atomic mass is 16.5. The molecule has 0 aliphatic heterocycles. The first kappa shape index (κ1) is 14.0. The molecule has 3 N–H and O–H groups in total. The van der Waals surface area contributed by atoms with E-state index in [4.69, 9.17) is 10.5 Å². The van der Waals surface area contributed by atoms with Crippen LogP contribution in [0, 0.1) is 0 Å². The lowest BCUT2D eigenvalue weighted by Crippen LogP contribution is -2.34. The summed E-state index contributed by atoms with van der Waals surface area (Å²) in [5.74, 6) is 0.773. The molecule has 17 heavy (non-hydrogen) atoms. The van der Waals surface area contributed by atoms with E-state index in [1.54, 1.807) is 0 Å². The normalized spacial score (nSPS) is 13.5. The first-order valence-electron chi connectivity index (χ1n) is 6.21. The molecule has 1 aromatic rings. The molecule has 0 fully saturated rings. The summed E-state index contributed by atoms with van der Waals surface area (Å²) in [6, 6.07) is 7.73. The first-order chi connectivity index (χ1) is 8.00. The van der Waals surface area contributed by atoms with Gasteiger partial charge in [0.2, 0.25) is 0 Å². The monoisotopic (exact) mass is 237 g/mol. The maximum atomic E-state index is 10.1. The lowest BCUT2D eigenvalue weighted by molar-refractivity contribution is -0.0113. The summed E-state index contributed by atoms with van der Waals surface area (Å²) in [6.07, 6.45) is 1.39. The highest BCUT2D eigenvalue weighted by Crippen LogP contribution is 2.20. The highest BCUT2D eigenvalue weighted by molar-refractivity contribution is 5.28. The van der Waals surface area contributed by atoms with E-state index in [9.17, 15) is 5.11 Å². The highest BCUT2D eigenvalue weighted by Gasteiger charge is 2.22. The summed E-state index contributed by atoms with van der Waals surface area (Å²) in [5.41, 5.74) is 6.13. The minimum atomic E-state index is -0.722. The molecule has 0 aliphatic rings. The summed E-state index contributed by atoms with van der Waals surface area (Å²) < 4.78 is 5.60. The number of rotatable bonds is 6. The fourth-order valence-electron chi connectivity index (χ4n) is 1.54. The van der Waals surface area contributed by atoms with Crippen LogP contribution in [0.25, 0.3) is 0 Å². The molecule has 0 saturated carbocycles. The third-order valence-corrected chi connectivity index (χ3v) is 3.23. The number of hydrogen-bond acceptors (Lipinski definition) is 3. The summed E-state index contributed by atoms with van der Waals surface area (Å²) in [4.78, 5) is 0. The Kier molecular flexibility index (Phi) is 4.97. The average Bonchev–Trinajstić information content (AvgIpc) is 2.36. The predicted octanol–water partition coefficient (Wildman–Crippen LogP) is 2.64. The van der Waals surface area contributed by atoms with Crippen LogP contribution in [-0.2, 0) is 0 Å². The van der Waals surface area contributed by atoms with Crippen molar-refractivity contribution >= 4 is 0 Å².